The lowest BCUT2D eigenvalue weighted by Gasteiger charge is -2.30. The number of aliphatic hydroxyl groups excluding tert-OH is 1. The van der Waals surface area contributed by atoms with Gasteiger partial charge in [-0.05, 0) is 32.9 Å². The fourth-order valence-electron chi connectivity index (χ4n) is 1.72. The molecule has 0 aliphatic carbocycles. The van der Waals surface area contributed by atoms with E-state index in [2.05, 4.69) is 5.32 Å². The number of carbonyl (C=O) groups excluding carboxylic acids is 1. The minimum Gasteiger partial charge on any atom is -0.486 e. The molecule has 0 bridgehead atoms. The Morgan fingerprint density at radius 2 is 2.05 bits per heavy atom. The van der Waals surface area contributed by atoms with Gasteiger partial charge in [0.15, 0.2) is 11.5 Å². The molecule has 1 heterocycles. The van der Waals surface area contributed by atoms with Crippen LogP contribution >= 0.6 is 0 Å². The van der Waals surface area contributed by atoms with Gasteiger partial charge in [-0.2, -0.15) is 0 Å². The first-order valence-corrected chi connectivity index (χ1v) is 6.31. The van der Waals surface area contributed by atoms with Crippen LogP contribution in [0.3, 0.4) is 0 Å². The number of nitrogens with one attached hydrogen (secondary N) is 1. The highest BCUT2D eigenvalue weighted by Gasteiger charge is 2.29. The number of hydrogen-bond donors (Lipinski definition) is 2. The average Bonchev–Trinajstić information content (AvgIpc) is 2.37. The zero-order valence-corrected chi connectivity index (χ0v) is 11.4. The van der Waals surface area contributed by atoms with Crippen LogP contribution in [0.4, 0.5) is 0 Å². The van der Waals surface area contributed by atoms with Gasteiger partial charge in [-0.3, -0.25) is 4.79 Å². The first kappa shape index (κ1) is 13.7. The van der Waals surface area contributed by atoms with Crippen molar-refractivity contribution in [1.29, 1.82) is 0 Å². The summed E-state index contributed by atoms with van der Waals surface area (Å²) in [4.78, 5) is 12.3. The van der Waals surface area contributed by atoms with E-state index in [0.29, 0.717) is 30.3 Å². The van der Waals surface area contributed by atoms with E-state index in [9.17, 15) is 9.90 Å². The highest BCUT2D eigenvalue weighted by molar-refractivity contribution is 5.98. The van der Waals surface area contributed by atoms with E-state index in [1.54, 1.807) is 39.0 Å². The van der Waals surface area contributed by atoms with Gasteiger partial charge >= 0.3 is 0 Å². The molecule has 0 saturated carbocycles. The topological polar surface area (TPSA) is 67.8 Å². The number of carbonyl (C=O) groups is 1. The number of benzene rings is 1. The van der Waals surface area contributed by atoms with Crippen molar-refractivity contribution in [2.75, 3.05) is 13.2 Å². The van der Waals surface area contributed by atoms with E-state index in [-0.39, 0.29) is 5.91 Å². The highest BCUT2D eigenvalue weighted by Crippen LogP contribution is 2.33. The Kier molecular flexibility index (Phi) is 3.66. The van der Waals surface area contributed by atoms with Crippen molar-refractivity contribution in [2.24, 2.45) is 0 Å². The van der Waals surface area contributed by atoms with Gasteiger partial charge in [0.1, 0.15) is 13.2 Å². The molecule has 0 fully saturated rings. The average molecular weight is 265 g/mol. The predicted molar refractivity (Wildman–Crippen MR) is 70.7 cm³/mol. The lowest BCUT2D eigenvalue weighted by molar-refractivity contribution is 0.0702. The minimum absolute atomic E-state index is 0.284. The van der Waals surface area contributed by atoms with E-state index in [0.717, 1.165) is 0 Å². The molecular weight excluding hydrogens is 246 g/mol. The summed E-state index contributed by atoms with van der Waals surface area (Å²) < 4.78 is 10.9. The van der Waals surface area contributed by atoms with Gasteiger partial charge in [-0.1, -0.05) is 6.07 Å². The molecular formula is C14H19NO4. The second-order valence-electron chi connectivity index (χ2n) is 5.18. The fraction of sp³-hybridized carbons (Fsp3) is 0.500. The summed E-state index contributed by atoms with van der Waals surface area (Å²) >= 11 is 0. The summed E-state index contributed by atoms with van der Waals surface area (Å²) in [5, 5.41) is 12.4. The first-order chi connectivity index (χ1) is 8.92. The molecule has 0 saturated heterocycles. The van der Waals surface area contributed by atoms with Crippen molar-refractivity contribution in [2.45, 2.75) is 32.4 Å². The van der Waals surface area contributed by atoms with E-state index < -0.39 is 11.6 Å². The van der Waals surface area contributed by atoms with Crippen LogP contribution in [-0.2, 0) is 0 Å². The standard InChI is InChI=1S/C14H19NO4/c1-9(16)14(2,3)15-13(17)10-5-4-6-11-12(10)19-8-7-18-11/h4-6,9,16H,7-8H2,1-3H3,(H,15,17). The first-order valence-electron chi connectivity index (χ1n) is 6.31. The largest absolute Gasteiger partial charge is 0.486 e. The molecule has 2 N–H and O–H groups in total. The van der Waals surface area contributed by atoms with Crippen LogP contribution in [0.5, 0.6) is 11.5 Å². The monoisotopic (exact) mass is 265 g/mol. The van der Waals surface area contributed by atoms with Gasteiger partial charge in [0.2, 0.25) is 0 Å². The molecule has 104 valence electrons. The number of hydrogen-bond acceptors (Lipinski definition) is 4. The van der Waals surface area contributed by atoms with E-state index in [1.807, 2.05) is 0 Å². The van der Waals surface area contributed by atoms with Crippen molar-refractivity contribution in [3.63, 3.8) is 0 Å². The van der Waals surface area contributed by atoms with Crippen LogP contribution in [-0.4, -0.2) is 35.9 Å². The zero-order chi connectivity index (χ0) is 14.0. The third-order valence-electron chi connectivity index (χ3n) is 3.29. The normalized spacial score (nSPS) is 15.8. The molecule has 1 aromatic carbocycles. The molecule has 1 unspecified atom stereocenters. The Balaban J connectivity index is 2.25. The van der Waals surface area contributed by atoms with Crippen LogP contribution in [0.2, 0.25) is 0 Å². The van der Waals surface area contributed by atoms with Crippen LogP contribution in [0.1, 0.15) is 31.1 Å². The smallest absolute Gasteiger partial charge is 0.255 e. The highest BCUT2D eigenvalue weighted by atomic mass is 16.6. The quantitative estimate of drug-likeness (QED) is 0.865. The summed E-state index contributed by atoms with van der Waals surface area (Å²) in [7, 11) is 0. The van der Waals surface area contributed by atoms with Crippen LogP contribution < -0.4 is 14.8 Å². The number of aliphatic hydroxyl groups is 1. The molecule has 0 spiro atoms. The molecule has 19 heavy (non-hydrogen) atoms. The van der Waals surface area contributed by atoms with E-state index >= 15 is 0 Å². The van der Waals surface area contributed by atoms with Gasteiger partial charge < -0.3 is 19.9 Å². The minimum atomic E-state index is -0.713. The lowest BCUT2D eigenvalue weighted by Crippen LogP contribution is -2.51. The Morgan fingerprint density at radius 3 is 2.74 bits per heavy atom. The number of ether oxygens (including phenoxy) is 2. The Bertz CT molecular complexity index is 482. The van der Waals surface area contributed by atoms with Crippen molar-refractivity contribution in [1.82, 2.24) is 5.32 Å². The molecule has 5 nitrogen and oxygen atoms in total. The predicted octanol–water partition coefficient (Wildman–Crippen LogP) is 1.35. The maximum Gasteiger partial charge on any atom is 0.255 e. The van der Waals surface area contributed by atoms with Crippen LogP contribution in [0.25, 0.3) is 0 Å². The molecule has 1 aromatic rings. The molecule has 2 rings (SSSR count). The third kappa shape index (κ3) is 2.81. The van der Waals surface area contributed by atoms with Crippen molar-refractivity contribution in [3.05, 3.63) is 23.8 Å². The second-order valence-corrected chi connectivity index (χ2v) is 5.18. The third-order valence-corrected chi connectivity index (χ3v) is 3.29. The Hall–Kier alpha value is -1.75. The van der Waals surface area contributed by atoms with Crippen molar-refractivity contribution < 1.29 is 19.4 Å². The van der Waals surface area contributed by atoms with E-state index in [4.69, 9.17) is 9.47 Å². The summed E-state index contributed by atoms with van der Waals surface area (Å²) in [5.41, 5.74) is -0.291. The Labute approximate surface area is 112 Å². The molecule has 5 heteroatoms. The van der Waals surface area contributed by atoms with Crippen LogP contribution in [0, 0.1) is 0 Å². The van der Waals surface area contributed by atoms with Gasteiger partial charge in [-0.25, -0.2) is 0 Å². The lowest BCUT2D eigenvalue weighted by atomic mass is 9.98. The number of para-hydroxylation sites is 1. The van der Waals surface area contributed by atoms with Gasteiger partial charge in [-0.15, -0.1) is 0 Å². The Morgan fingerprint density at radius 1 is 1.37 bits per heavy atom. The van der Waals surface area contributed by atoms with Crippen molar-refractivity contribution in [3.8, 4) is 11.5 Å². The fourth-order valence-corrected chi connectivity index (χ4v) is 1.72. The van der Waals surface area contributed by atoms with Gasteiger partial charge in [0.25, 0.3) is 5.91 Å². The summed E-state index contributed by atoms with van der Waals surface area (Å²) in [6.07, 6.45) is -0.659. The SMILES string of the molecule is CC(O)C(C)(C)NC(=O)c1cccc2c1OCCO2. The molecule has 1 atom stereocenters. The molecule has 0 radical (unpaired) electrons. The number of amides is 1. The van der Waals surface area contributed by atoms with Crippen LogP contribution in [0.15, 0.2) is 18.2 Å². The second kappa shape index (κ2) is 5.09. The zero-order valence-electron chi connectivity index (χ0n) is 11.4. The van der Waals surface area contributed by atoms with Gasteiger partial charge in [0.05, 0.1) is 17.2 Å². The number of fused-ring (bicyclic) bond motifs is 1. The number of rotatable bonds is 3. The van der Waals surface area contributed by atoms with Crippen molar-refractivity contribution >= 4 is 5.91 Å². The van der Waals surface area contributed by atoms with Gasteiger partial charge in [0, 0.05) is 0 Å². The molecule has 1 amide bonds. The molecule has 0 aromatic heterocycles. The van der Waals surface area contributed by atoms with E-state index in [1.165, 1.54) is 0 Å². The summed E-state index contributed by atoms with van der Waals surface area (Å²) in [5.74, 6) is 0.759. The summed E-state index contributed by atoms with van der Waals surface area (Å²) in [6.45, 7) is 6.08. The molecule has 1 aliphatic rings. The maximum absolute atomic E-state index is 12.3. The summed E-state index contributed by atoms with van der Waals surface area (Å²) in [6, 6.07) is 5.20. The maximum atomic E-state index is 12.3. The molecule has 1 aliphatic heterocycles.